The first-order chi connectivity index (χ1) is 7.58. The quantitative estimate of drug-likeness (QED) is 0.652. The largest absolute Gasteiger partial charge is 0.348 e. The fourth-order valence-corrected chi connectivity index (χ4v) is 2.20. The SMILES string of the molecule is CCC(CCl)NC(=O)c1ccc(F)cc1I. The van der Waals surface area contributed by atoms with Crippen molar-refractivity contribution in [2.24, 2.45) is 0 Å². The molecule has 1 atom stereocenters. The number of rotatable bonds is 4. The molecule has 0 saturated heterocycles. The zero-order valence-electron chi connectivity index (χ0n) is 8.77. The Bertz CT molecular complexity index is 382. The lowest BCUT2D eigenvalue weighted by Crippen LogP contribution is -2.36. The van der Waals surface area contributed by atoms with Gasteiger partial charge in [0.15, 0.2) is 0 Å². The smallest absolute Gasteiger partial charge is 0.252 e. The normalized spacial score (nSPS) is 12.2. The maximum atomic E-state index is 12.8. The molecule has 0 aliphatic rings. The summed E-state index contributed by atoms with van der Waals surface area (Å²) >= 11 is 7.63. The number of nitrogens with one attached hydrogen (secondary N) is 1. The van der Waals surface area contributed by atoms with E-state index in [-0.39, 0.29) is 17.8 Å². The first-order valence-corrected chi connectivity index (χ1v) is 6.51. The van der Waals surface area contributed by atoms with Crippen LogP contribution in [0.3, 0.4) is 0 Å². The number of carbonyl (C=O) groups excluding carboxylic acids is 1. The summed E-state index contributed by atoms with van der Waals surface area (Å²) in [5.74, 6) is -0.178. The second-order valence-electron chi connectivity index (χ2n) is 3.36. The van der Waals surface area contributed by atoms with Crippen LogP contribution in [0.5, 0.6) is 0 Å². The number of carbonyl (C=O) groups is 1. The van der Waals surface area contributed by atoms with Crippen LogP contribution in [-0.4, -0.2) is 17.8 Å². The standard InChI is InChI=1S/C11H12ClFINO/c1-2-8(6-12)15-11(16)9-4-3-7(13)5-10(9)14/h3-5,8H,2,6H2,1H3,(H,15,16). The predicted octanol–water partition coefficient (Wildman–Crippen LogP) is 3.18. The van der Waals surface area contributed by atoms with Crippen molar-refractivity contribution in [3.63, 3.8) is 0 Å². The highest BCUT2D eigenvalue weighted by molar-refractivity contribution is 14.1. The van der Waals surface area contributed by atoms with Gasteiger partial charge in [-0.3, -0.25) is 4.79 Å². The number of hydrogen-bond acceptors (Lipinski definition) is 1. The molecule has 5 heteroatoms. The zero-order valence-corrected chi connectivity index (χ0v) is 11.7. The van der Waals surface area contributed by atoms with Gasteiger partial charge in [0, 0.05) is 15.5 Å². The van der Waals surface area contributed by atoms with Crippen LogP contribution in [0.15, 0.2) is 18.2 Å². The summed E-state index contributed by atoms with van der Waals surface area (Å²) in [6.07, 6.45) is 0.771. The summed E-state index contributed by atoms with van der Waals surface area (Å²) < 4.78 is 13.4. The molecule has 0 aromatic heterocycles. The van der Waals surface area contributed by atoms with Crippen molar-refractivity contribution >= 4 is 40.1 Å². The summed E-state index contributed by atoms with van der Waals surface area (Å²) in [4.78, 5) is 11.8. The van der Waals surface area contributed by atoms with E-state index in [4.69, 9.17) is 11.6 Å². The van der Waals surface area contributed by atoms with Gasteiger partial charge in [-0.2, -0.15) is 0 Å². The van der Waals surface area contributed by atoms with E-state index < -0.39 is 0 Å². The van der Waals surface area contributed by atoms with E-state index in [0.717, 1.165) is 6.42 Å². The Morgan fingerprint density at radius 2 is 2.31 bits per heavy atom. The van der Waals surface area contributed by atoms with Crippen LogP contribution in [0.4, 0.5) is 4.39 Å². The maximum Gasteiger partial charge on any atom is 0.252 e. The minimum atomic E-state index is -0.342. The average molecular weight is 356 g/mol. The van der Waals surface area contributed by atoms with Gasteiger partial charge in [-0.25, -0.2) is 4.39 Å². The minimum Gasteiger partial charge on any atom is -0.348 e. The summed E-state index contributed by atoms with van der Waals surface area (Å²) in [5.41, 5.74) is 0.477. The Morgan fingerprint density at radius 1 is 1.62 bits per heavy atom. The Kier molecular flexibility index (Phi) is 5.48. The molecule has 16 heavy (non-hydrogen) atoms. The predicted molar refractivity (Wildman–Crippen MR) is 71.4 cm³/mol. The number of halogens is 3. The summed E-state index contributed by atoms with van der Waals surface area (Å²) in [5, 5.41) is 2.79. The maximum absolute atomic E-state index is 12.8. The summed E-state index contributed by atoms with van der Waals surface area (Å²) in [6.45, 7) is 1.95. The lowest BCUT2D eigenvalue weighted by atomic mass is 10.2. The fourth-order valence-electron chi connectivity index (χ4n) is 1.19. The lowest BCUT2D eigenvalue weighted by molar-refractivity contribution is 0.0939. The molecule has 1 rings (SSSR count). The average Bonchev–Trinajstić information content (AvgIpc) is 2.25. The van der Waals surface area contributed by atoms with Crippen molar-refractivity contribution in [3.05, 3.63) is 33.1 Å². The minimum absolute atomic E-state index is 0.0463. The number of alkyl halides is 1. The Hall–Kier alpha value is -0.360. The Balaban J connectivity index is 2.80. The van der Waals surface area contributed by atoms with Crippen LogP contribution in [0, 0.1) is 9.39 Å². The molecule has 0 radical (unpaired) electrons. The van der Waals surface area contributed by atoms with Gasteiger partial charge in [0.2, 0.25) is 0 Å². The van der Waals surface area contributed by atoms with Gasteiger partial charge < -0.3 is 5.32 Å². The van der Waals surface area contributed by atoms with Crippen LogP contribution in [-0.2, 0) is 0 Å². The van der Waals surface area contributed by atoms with Crippen LogP contribution < -0.4 is 5.32 Å². The van der Waals surface area contributed by atoms with Crippen molar-refractivity contribution in [1.82, 2.24) is 5.32 Å². The molecule has 88 valence electrons. The number of benzene rings is 1. The van der Waals surface area contributed by atoms with Crippen LogP contribution >= 0.6 is 34.2 Å². The van der Waals surface area contributed by atoms with E-state index in [9.17, 15) is 9.18 Å². The molecule has 0 spiro atoms. The lowest BCUT2D eigenvalue weighted by Gasteiger charge is -2.14. The third kappa shape index (κ3) is 3.59. The summed E-state index contributed by atoms with van der Waals surface area (Å²) in [7, 11) is 0. The molecule has 1 aromatic rings. The first kappa shape index (κ1) is 13.7. The van der Waals surface area contributed by atoms with E-state index in [1.807, 2.05) is 29.5 Å². The van der Waals surface area contributed by atoms with Crippen LogP contribution in [0.25, 0.3) is 0 Å². The molecular weight excluding hydrogens is 343 g/mol. The highest BCUT2D eigenvalue weighted by Crippen LogP contribution is 2.14. The molecule has 1 N–H and O–H groups in total. The number of amides is 1. The molecule has 0 fully saturated rings. The van der Waals surface area contributed by atoms with Gasteiger partial charge in [-0.05, 0) is 47.2 Å². The van der Waals surface area contributed by atoms with Gasteiger partial charge in [0.1, 0.15) is 5.82 Å². The Labute approximate surface area is 113 Å². The van der Waals surface area contributed by atoms with E-state index in [1.165, 1.54) is 18.2 Å². The third-order valence-corrected chi connectivity index (χ3v) is 3.46. The molecule has 0 heterocycles. The Morgan fingerprint density at radius 3 is 2.81 bits per heavy atom. The highest BCUT2D eigenvalue weighted by Gasteiger charge is 2.14. The molecule has 1 unspecified atom stereocenters. The second-order valence-corrected chi connectivity index (χ2v) is 4.83. The first-order valence-electron chi connectivity index (χ1n) is 4.90. The molecule has 2 nitrogen and oxygen atoms in total. The second kappa shape index (κ2) is 6.39. The molecule has 0 bridgehead atoms. The molecule has 0 aliphatic heterocycles. The third-order valence-electron chi connectivity index (χ3n) is 2.19. The molecule has 0 saturated carbocycles. The van der Waals surface area contributed by atoms with Gasteiger partial charge >= 0.3 is 0 Å². The van der Waals surface area contributed by atoms with Crippen molar-refractivity contribution in [1.29, 1.82) is 0 Å². The van der Waals surface area contributed by atoms with E-state index in [1.54, 1.807) is 0 Å². The van der Waals surface area contributed by atoms with Crippen LogP contribution in [0.1, 0.15) is 23.7 Å². The van der Waals surface area contributed by atoms with E-state index >= 15 is 0 Å². The monoisotopic (exact) mass is 355 g/mol. The van der Waals surface area contributed by atoms with Gasteiger partial charge in [0.25, 0.3) is 5.91 Å². The molecule has 1 amide bonds. The van der Waals surface area contributed by atoms with Gasteiger partial charge in [-0.15, -0.1) is 11.6 Å². The number of hydrogen-bond donors (Lipinski definition) is 1. The highest BCUT2D eigenvalue weighted by atomic mass is 127. The van der Waals surface area contributed by atoms with Crippen molar-refractivity contribution in [2.45, 2.75) is 19.4 Å². The van der Waals surface area contributed by atoms with Crippen molar-refractivity contribution in [3.8, 4) is 0 Å². The van der Waals surface area contributed by atoms with Gasteiger partial charge in [-0.1, -0.05) is 6.92 Å². The van der Waals surface area contributed by atoms with E-state index in [2.05, 4.69) is 5.32 Å². The topological polar surface area (TPSA) is 29.1 Å². The zero-order chi connectivity index (χ0) is 12.1. The van der Waals surface area contributed by atoms with Gasteiger partial charge in [0.05, 0.1) is 5.56 Å². The molecule has 0 aliphatic carbocycles. The van der Waals surface area contributed by atoms with Crippen molar-refractivity contribution in [2.75, 3.05) is 5.88 Å². The van der Waals surface area contributed by atoms with E-state index in [0.29, 0.717) is 15.0 Å². The molecular formula is C11H12ClFINO. The molecule has 1 aromatic carbocycles. The fraction of sp³-hybridized carbons (Fsp3) is 0.364. The van der Waals surface area contributed by atoms with Crippen molar-refractivity contribution < 1.29 is 9.18 Å². The summed E-state index contributed by atoms with van der Waals surface area (Å²) in [6, 6.07) is 4.04. The van der Waals surface area contributed by atoms with Crippen LogP contribution in [0.2, 0.25) is 0 Å².